The average Bonchev–Trinajstić information content (AvgIpc) is 2.86. The maximum Gasteiger partial charge on any atom is 0.255 e. The maximum atomic E-state index is 12.8. The highest BCUT2D eigenvalue weighted by Gasteiger charge is 2.32. The fraction of sp³-hybridized carbons (Fsp3) is 0.562. The van der Waals surface area contributed by atoms with Crippen LogP contribution >= 0.6 is 12.4 Å². The van der Waals surface area contributed by atoms with Gasteiger partial charge in [-0.3, -0.25) is 4.79 Å². The van der Waals surface area contributed by atoms with Crippen molar-refractivity contribution in [3.8, 4) is 0 Å². The number of carbonyl (C=O) groups is 1. The summed E-state index contributed by atoms with van der Waals surface area (Å²) in [4.78, 5) is 14.8. The number of hydrogen-bond donors (Lipinski definition) is 1. The normalized spacial score (nSPS) is 24.0. The van der Waals surface area contributed by atoms with Gasteiger partial charge in [-0.15, -0.1) is 12.4 Å². The molecule has 23 heavy (non-hydrogen) atoms. The van der Waals surface area contributed by atoms with Crippen LogP contribution in [0.15, 0.2) is 29.2 Å². The average molecular weight is 359 g/mol. The highest BCUT2D eigenvalue weighted by molar-refractivity contribution is 7.91. The van der Waals surface area contributed by atoms with Crippen molar-refractivity contribution in [1.82, 2.24) is 10.2 Å². The Morgan fingerprint density at radius 1 is 1.22 bits per heavy atom. The molecule has 1 amide bonds. The number of fused-ring (bicyclic) bond motifs is 2. The first-order chi connectivity index (χ1) is 10.5. The molecular weight excluding hydrogens is 336 g/mol. The van der Waals surface area contributed by atoms with E-state index in [1.807, 2.05) is 0 Å². The van der Waals surface area contributed by atoms with E-state index in [0.29, 0.717) is 30.7 Å². The van der Waals surface area contributed by atoms with Crippen LogP contribution in [-0.4, -0.2) is 50.2 Å². The molecule has 0 radical (unpaired) electrons. The summed E-state index contributed by atoms with van der Waals surface area (Å²) in [7, 11) is -3.40. The number of sulfone groups is 1. The third-order valence-electron chi connectivity index (χ3n) is 4.64. The van der Waals surface area contributed by atoms with Crippen LogP contribution in [0.3, 0.4) is 0 Å². The molecule has 5 nitrogen and oxygen atoms in total. The molecule has 2 heterocycles. The highest BCUT2D eigenvalue weighted by Crippen LogP contribution is 2.24. The number of hydrogen-bond acceptors (Lipinski definition) is 4. The largest absolute Gasteiger partial charge is 0.337 e. The van der Waals surface area contributed by atoms with E-state index in [0.717, 1.165) is 12.8 Å². The Balaban J connectivity index is 0.00000192. The van der Waals surface area contributed by atoms with Crippen molar-refractivity contribution in [3.05, 3.63) is 29.8 Å². The number of carbonyl (C=O) groups excluding carboxylic acids is 1. The molecule has 0 saturated carbocycles. The molecule has 2 atom stereocenters. The van der Waals surface area contributed by atoms with Crippen LogP contribution in [0.25, 0.3) is 0 Å². The molecule has 0 aliphatic carbocycles. The van der Waals surface area contributed by atoms with Crippen LogP contribution < -0.4 is 5.32 Å². The molecule has 2 aliphatic rings. The smallest absolute Gasteiger partial charge is 0.255 e. The molecule has 128 valence electrons. The molecule has 2 fully saturated rings. The second-order valence-electron chi connectivity index (χ2n) is 6.08. The van der Waals surface area contributed by atoms with Gasteiger partial charge < -0.3 is 10.2 Å². The quantitative estimate of drug-likeness (QED) is 0.895. The highest BCUT2D eigenvalue weighted by atomic mass is 35.5. The zero-order valence-corrected chi connectivity index (χ0v) is 14.8. The summed E-state index contributed by atoms with van der Waals surface area (Å²) >= 11 is 0. The molecule has 0 spiro atoms. The van der Waals surface area contributed by atoms with Gasteiger partial charge in [0.25, 0.3) is 5.91 Å². The lowest BCUT2D eigenvalue weighted by Gasteiger charge is -2.25. The van der Waals surface area contributed by atoms with Crippen LogP contribution in [0.5, 0.6) is 0 Å². The van der Waals surface area contributed by atoms with Crippen molar-refractivity contribution in [1.29, 1.82) is 0 Å². The molecule has 0 aromatic heterocycles. The van der Waals surface area contributed by atoms with Gasteiger partial charge in [-0.2, -0.15) is 0 Å². The summed E-state index contributed by atoms with van der Waals surface area (Å²) in [6.07, 6.45) is 3.20. The van der Waals surface area contributed by atoms with Gasteiger partial charge in [0.2, 0.25) is 0 Å². The Bertz CT molecular complexity index is 678. The Morgan fingerprint density at radius 3 is 2.65 bits per heavy atom. The monoisotopic (exact) mass is 358 g/mol. The number of rotatable bonds is 3. The van der Waals surface area contributed by atoms with E-state index < -0.39 is 9.84 Å². The summed E-state index contributed by atoms with van der Waals surface area (Å²) in [6, 6.07) is 7.40. The van der Waals surface area contributed by atoms with Gasteiger partial charge in [0, 0.05) is 25.2 Å². The van der Waals surface area contributed by atoms with Gasteiger partial charge in [0.05, 0.1) is 16.2 Å². The van der Waals surface area contributed by atoms with Gasteiger partial charge in [-0.1, -0.05) is 19.1 Å². The Hall–Kier alpha value is -1.11. The van der Waals surface area contributed by atoms with Crippen molar-refractivity contribution in [2.45, 2.75) is 43.2 Å². The summed E-state index contributed by atoms with van der Waals surface area (Å²) in [6.45, 7) is 2.95. The fourth-order valence-electron chi connectivity index (χ4n) is 3.37. The number of halogens is 1. The number of nitrogens with one attached hydrogen (secondary N) is 1. The van der Waals surface area contributed by atoms with Crippen molar-refractivity contribution >= 4 is 28.2 Å². The van der Waals surface area contributed by atoms with Gasteiger partial charge in [0.15, 0.2) is 9.84 Å². The van der Waals surface area contributed by atoms with Crippen LogP contribution in [0, 0.1) is 0 Å². The zero-order chi connectivity index (χ0) is 15.7. The van der Waals surface area contributed by atoms with E-state index in [9.17, 15) is 13.2 Å². The second-order valence-corrected chi connectivity index (χ2v) is 8.32. The summed E-state index contributed by atoms with van der Waals surface area (Å²) in [5.74, 6) is -0.161. The number of benzene rings is 1. The minimum Gasteiger partial charge on any atom is -0.337 e. The van der Waals surface area contributed by atoms with E-state index in [-0.39, 0.29) is 29.0 Å². The summed E-state index contributed by atoms with van der Waals surface area (Å²) in [5, 5.41) is 3.53. The van der Waals surface area contributed by atoms with E-state index in [1.54, 1.807) is 30.0 Å². The molecular formula is C16H23ClN2O3S. The molecule has 3 rings (SSSR count). The van der Waals surface area contributed by atoms with Crippen molar-refractivity contribution in [2.24, 2.45) is 0 Å². The van der Waals surface area contributed by atoms with Gasteiger partial charge in [-0.25, -0.2) is 8.42 Å². The van der Waals surface area contributed by atoms with Gasteiger partial charge >= 0.3 is 0 Å². The van der Waals surface area contributed by atoms with E-state index in [2.05, 4.69) is 5.32 Å². The minimum absolute atomic E-state index is 0. The molecule has 1 N–H and O–H groups in total. The van der Waals surface area contributed by atoms with Crippen LogP contribution in [0.4, 0.5) is 0 Å². The third-order valence-corrected chi connectivity index (χ3v) is 6.43. The van der Waals surface area contributed by atoms with Gasteiger partial charge in [0.1, 0.15) is 0 Å². The first-order valence-electron chi connectivity index (χ1n) is 7.88. The van der Waals surface area contributed by atoms with Crippen LogP contribution in [0.1, 0.15) is 36.5 Å². The molecule has 1 aromatic carbocycles. The summed E-state index contributed by atoms with van der Waals surface area (Å²) in [5.41, 5.74) is 0.308. The fourth-order valence-corrected chi connectivity index (χ4v) is 4.46. The molecule has 2 bridgehead atoms. The maximum absolute atomic E-state index is 12.8. The minimum atomic E-state index is -3.40. The number of likely N-dealkylation sites (tertiary alicyclic amines) is 1. The molecule has 2 aliphatic heterocycles. The SMILES string of the molecule is CCS(=O)(=O)c1ccccc1C(=O)N1CCC2CCC(C1)N2.Cl. The summed E-state index contributed by atoms with van der Waals surface area (Å²) < 4.78 is 24.4. The predicted molar refractivity (Wildman–Crippen MR) is 91.9 cm³/mol. The van der Waals surface area contributed by atoms with E-state index in [4.69, 9.17) is 0 Å². The standard InChI is InChI=1S/C16H22N2O3S.ClH/c1-2-22(20,21)15-6-4-3-5-14(15)16(19)18-10-9-12-7-8-13(11-18)17-12;/h3-6,12-13,17H,2,7-11H2,1H3;1H. The van der Waals surface area contributed by atoms with E-state index >= 15 is 0 Å². The molecule has 7 heteroatoms. The molecule has 1 aromatic rings. The molecule has 2 unspecified atom stereocenters. The second kappa shape index (κ2) is 7.20. The number of amides is 1. The topological polar surface area (TPSA) is 66.5 Å². The first-order valence-corrected chi connectivity index (χ1v) is 9.53. The van der Waals surface area contributed by atoms with Crippen molar-refractivity contribution in [2.75, 3.05) is 18.8 Å². The third kappa shape index (κ3) is 3.70. The lowest BCUT2D eigenvalue weighted by molar-refractivity contribution is 0.0744. The number of nitrogens with zero attached hydrogens (tertiary/aromatic N) is 1. The lowest BCUT2D eigenvalue weighted by atomic mass is 10.1. The molecule has 2 saturated heterocycles. The Labute approximate surface area is 143 Å². The lowest BCUT2D eigenvalue weighted by Crippen LogP contribution is -2.39. The van der Waals surface area contributed by atoms with Crippen molar-refractivity contribution in [3.63, 3.8) is 0 Å². The Morgan fingerprint density at radius 2 is 1.91 bits per heavy atom. The van der Waals surface area contributed by atoms with Gasteiger partial charge in [-0.05, 0) is 31.4 Å². The Kier molecular flexibility index (Phi) is 5.70. The van der Waals surface area contributed by atoms with Crippen LogP contribution in [0.2, 0.25) is 0 Å². The predicted octanol–water partition coefficient (Wildman–Crippen LogP) is 1.87. The van der Waals surface area contributed by atoms with E-state index in [1.165, 1.54) is 12.5 Å². The van der Waals surface area contributed by atoms with Crippen molar-refractivity contribution < 1.29 is 13.2 Å². The first kappa shape index (κ1) is 18.2. The van der Waals surface area contributed by atoms with Crippen LogP contribution in [-0.2, 0) is 9.84 Å². The zero-order valence-electron chi connectivity index (χ0n) is 13.2.